The molecule has 0 radical (unpaired) electrons. The lowest BCUT2D eigenvalue weighted by Gasteiger charge is -2.16. The highest BCUT2D eigenvalue weighted by atomic mass is 32.2. The van der Waals surface area contributed by atoms with Crippen LogP contribution in [0.2, 0.25) is 0 Å². The van der Waals surface area contributed by atoms with Crippen molar-refractivity contribution in [3.8, 4) is 11.5 Å². The minimum atomic E-state index is -0.837. The average molecular weight is 274 g/mol. The first kappa shape index (κ1) is 12.3. The number of carbonyl (C=O) groups is 2. The van der Waals surface area contributed by atoms with Crippen molar-refractivity contribution in [1.29, 1.82) is 0 Å². The summed E-state index contributed by atoms with van der Waals surface area (Å²) in [5.74, 6) is 0.688. The van der Waals surface area contributed by atoms with E-state index in [-0.39, 0.29) is 6.42 Å². The van der Waals surface area contributed by atoms with Crippen molar-refractivity contribution >= 4 is 35.4 Å². The van der Waals surface area contributed by atoms with E-state index < -0.39 is 5.97 Å². The first-order valence-corrected chi connectivity index (χ1v) is 6.74. The molecule has 1 aromatic heterocycles. The number of carboxylic acid groups (broad SMARTS) is 1. The van der Waals surface area contributed by atoms with Gasteiger partial charge in [0.25, 0.3) is 0 Å². The van der Waals surface area contributed by atoms with E-state index in [1.54, 1.807) is 0 Å². The van der Waals surface area contributed by atoms with Gasteiger partial charge in [0, 0.05) is 5.75 Å². The minimum absolute atomic E-state index is 0.0780. The zero-order chi connectivity index (χ0) is 12.3. The van der Waals surface area contributed by atoms with Gasteiger partial charge >= 0.3 is 5.97 Å². The van der Waals surface area contributed by atoms with Gasteiger partial charge in [-0.2, -0.15) is 0 Å². The van der Waals surface area contributed by atoms with Gasteiger partial charge in [0.2, 0.25) is 0 Å². The predicted molar refractivity (Wildman–Crippen MR) is 63.7 cm³/mol. The van der Waals surface area contributed by atoms with Gasteiger partial charge < -0.3 is 14.6 Å². The molecule has 1 aliphatic rings. The zero-order valence-corrected chi connectivity index (χ0v) is 10.4. The van der Waals surface area contributed by atoms with Crippen molar-refractivity contribution in [3.63, 3.8) is 0 Å². The maximum atomic E-state index is 10.8. The molecule has 2 rings (SSSR count). The maximum Gasteiger partial charge on any atom is 0.304 e. The summed E-state index contributed by atoms with van der Waals surface area (Å²) in [7, 11) is 0. The zero-order valence-electron chi connectivity index (χ0n) is 8.80. The molecule has 7 heteroatoms. The van der Waals surface area contributed by atoms with Gasteiger partial charge in [-0.1, -0.05) is 0 Å². The third-order valence-electron chi connectivity index (χ3n) is 2.05. The monoisotopic (exact) mass is 274 g/mol. The smallest absolute Gasteiger partial charge is 0.304 e. The molecular formula is C10H10O5S2. The van der Waals surface area contributed by atoms with Crippen LogP contribution in [0.15, 0.2) is 4.21 Å². The molecule has 0 fully saturated rings. The number of hydrogen-bond donors (Lipinski definition) is 1. The number of ether oxygens (including phenoxy) is 2. The van der Waals surface area contributed by atoms with E-state index in [4.69, 9.17) is 14.6 Å². The molecule has 0 aliphatic carbocycles. The summed E-state index contributed by atoms with van der Waals surface area (Å²) in [6.07, 6.45) is 0.814. The fourth-order valence-electron chi connectivity index (χ4n) is 1.35. The van der Waals surface area contributed by atoms with Crippen molar-refractivity contribution in [2.24, 2.45) is 0 Å². The molecule has 1 aromatic rings. The van der Waals surface area contributed by atoms with Gasteiger partial charge in [-0.3, -0.25) is 9.59 Å². The summed E-state index contributed by atoms with van der Waals surface area (Å²) in [6.45, 7) is 0.887. The number of hydrogen-bond acceptors (Lipinski definition) is 6. The molecule has 92 valence electrons. The van der Waals surface area contributed by atoms with Crippen molar-refractivity contribution in [1.82, 2.24) is 0 Å². The van der Waals surface area contributed by atoms with Crippen LogP contribution in [-0.4, -0.2) is 36.3 Å². The second-order valence-electron chi connectivity index (χ2n) is 3.22. The number of aldehydes is 1. The molecular weight excluding hydrogens is 264 g/mol. The predicted octanol–water partition coefficient (Wildman–Crippen LogP) is 1.90. The van der Waals surface area contributed by atoms with Crippen LogP contribution in [0, 0.1) is 0 Å². The molecule has 0 amide bonds. The molecule has 2 heterocycles. The lowest BCUT2D eigenvalue weighted by Crippen LogP contribution is -2.15. The number of fused-ring (bicyclic) bond motifs is 1. The third kappa shape index (κ3) is 2.73. The Labute approximate surface area is 106 Å². The second-order valence-corrected chi connectivity index (χ2v) is 5.63. The summed E-state index contributed by atoms with van der Waals surface area (Å²) in [5.41, 5.74) is 0. The van der Waals surface area contributed by atoms with Gasteiger partial charge in [0.15, 0.2) is 17.8 Å². The Kier molecular flexibility index (Phi) is 3.90. The highest BCUT2D eigenvalue weighted by Crippen LogP contribution is 2.48. The molecule has 1 aliphatic heterocycles. The molecule has 0 saturated carbocycles. The van der Waals surface area contributed by atoms with Crippen LogP contribution in [0.1, 0.15) is 16.1 Å². The Morgan fingerprint density at radius 1 is 1.41 bits per heavy atom. The second kappa shape index (κ2) is 5.42. The van der Waals surface area contributed by atoms with Crippen LogP contribution in [0.3, 0.4) is 0 Å². The quantitative estimate of drug-likeness (QED) is 0.653. The van der Waals surface area contributed by atoms with Gasteiger partial charge in [-0.15, -0.1) is 23.1 Å². The van der Waals surface area contributed by atoms with Crippen LogP contribution in [0.4, 0.5) is 0 Å². The van der Waals surface area contributed by atoms with Crippen LogP contribution >= 0.6 is 23.1 Å². The number of rotatable bonds is 5. The highest BCUT2D eigenvalue weighted by Gasteiger charge is 2.24. The normalized spacial score (nSPS) is 13.4. The maximum absolute atomic E-state index is 10.8. The lowest BCUT2D eigenvalue weighted by molar-refractivity contribution is -0.136. The van der Waals surface area contributed by atoms with E-state index >= 15 is 0 Å². The Morgan fingerprint density at radius 3 is 2.76 bits per heavy atom. The van der Waals surface area contributed by atoms with Crippen molar-refractivity contribution < 1.29 is 24.2 Å². The largest absolute Gasteiger partial charge is 0.484 e. The average Bonchev–Trinajstić information content (AvgIpc) is 2.68. The number of thioether (sulfide) groups is 1. The molecule has 0 spiro atoms. The summed E-state index contributed by atoms with van der Waals surface area (Å²) in [6, 6.07) is 0. The third-order valence-corrected chi connectivity index (χ3v) is 4.38. The summed E-state index contributed by atoms with van der Waals surface area (Å²) < 4.78 is 11.6. The molecule has 0 atom stereocenters. The fraction of sp³-hybridized carbons (Fsp3) is 0.400. The SMILES string of the molecule is O=Cc1sc(SCCC(=O)O)c2c1OCCO2. The molecule has 0 bridgehead atoms. The first-order chi connectivity index (χ1) is 8.22. The number of carboxylic acids is 1. The molecule has 17 heavy (non-hydrogen) atoms. The number of thiophene rings is 1. The van der Waals surface area contributed by atoms with Gasteiger partial charge in [-0.05, 0) is 0 Å². The topological polar surface area (TPSA) is 72.8 Å². The molecule has 0 unspecified atom stereocenters. The summed E-state index contributed by atoms with van der Waals surface area (Å²) in [4.78, 5) is 21.8. The fourth-order valence-corrected chi connectivity index (χ4v) is 3.59. The van der Waals surface area contributed by atoms with Crippen molar-refractivity contribution in [2.75, 3.05) is 19.0 Å². The van der Waals surface area contributed by atoms with Gasteiger partial charge in [0.1, 0.15) is 22.3 Å². The van der Waals surface area contributed by atoms with Crippen LogP contribution in [0.25, 0.3) is 0 Å². The van der Waals surface area contributed by atoms with E-state index in [1.807, 2.05) is 0 Å². The van der Waals surface area contributed by atoms with E-state index in [9.17, 15) is 9.59 Å². The number of aliphatic carboxylic acids is 1. The van der Waals surface area contributed by atoms with E-state index in [0.717, 1.165) is 10.5 Å². The van der Waals surface area contributed by atoms with Crippen LogP contribution in [-0.2, 0) is 4.79 Å². The van der Waals surface area contributed by atoms with Crippen molar-refractivity contribution in [3.05, 3.63) is 4.88 Å². The lowest BCUT2D eigenvalue weighted by atomic mass is 10.4. The first-order valence-electron chi connectivity index (χ1n) is 4.94. The Bertz CT molecular complexity index is 440. The molecule has 0 saturated heterocycles. The van der Waals surface area contributed by atoms with E-state index in [1.165, 1.54) is 23.1 Å². The van der Waals surface area contributed by atoms with Crippen LogP contribution in [0.5, 0.6) is 11.5 Å². The van der Waals surface area contributed by atoms with Crippen LogP contribution < -0.4 is 9.47 Å². The van der Waals surface area contributed by atoms with Gasteiger partial charge in [-0.25, -0.2) is 0 Å². The van der Waals surface area contributed by atoms with Gasteiger partial charge in [0.05, 0.1) is 6.42 Å². The molecule has 1 N–H and O–H groups in total. The van der Waals surface area contributed by atoms with E-state index in [2.05, 4.69) is 0 Å². The molecule has 5 nitrogen and oxygen atoms in total. The Morgan fingerprint density at radius 2 is 2.12 bits per heavy atom. The van der Waals surface area contributed by atoms with Crippen molar-refractivity contribution in [2.45, 2.75) is 10.6 Å². The minimum Gasteiger partial charge on any atom is -0.484 e. The number of carbonyl (C=O) groups excluding carboxylic acids is 1. The Hall–Kier alpha value is -1.21. The van der Waals surface area contributed by atoms with E-state index in [0.29, 0.717) is 35.3 Å². The molecule has 0 aromatic carbocycles. The summed E-state index contributed by atoms with van der Waals surface area (Å²) in [5, 5.41) is 8.56. The summed E-state index contributed by atoms with van der Waals surface area (Å²) >= 11 is 2.65. The highest BCUT2D eigenvalue weighted by molar-refractivity contribution is 8.01. The standard InChI is InChI=1S/C10H10O5S2/c11-5-6-8-9(15-3-2-14-8)10(17-6)16-4-1-7(12)13/h5H,1-4H2,(H,12,13). The Balaban J connectivity index is 2.13.